The Balaban J connectivity index is 2.46. The predicted molar refractivity (Wildman–Crippen MR) is 108 cm³/mol. The van der Waals surface area contributed by atoms with Gasteiger partial charge in [-0.3, -0.25) is 4.79 Å². The number of unbranched alkanes of at least 4 members (excludes halogenated alkanes) is 1. The molecule has 0 aromatic carbocycles. The minimum atomic E-state index is -1.07. The zero-order chi connectivity index (χ0) is 20.9. The summed E-state index contributed by atoms with van der Waals surface area (Å²) in [5, 5.41) is 14.7. The number of carbonyl (C=O) groups is 2. The summed E-state index contributed by atoms with van der Waals surface area (Å²) in [6, 6.07) is 3.20. The van der Waals surface area contributed by atoms with Crippen molar-refractivity contribution in [3.63, 3.8) is 0 Å². The first-order valence-electron chi connectivity index (χ1n) is 9.86. The largest absolute Gasteiger partial charge is 0.480 e. The molecule has 7 nitrogen and oxygen atoms in total. The van der Waals surface area contributed by atoms with E-state index in [0.29, 0.717) is 13.1 Å². The van der Waals surface area contributed by atoms with E-state index < -0.39 is 18.7 Å². The van der Waals surface area contributed by atoms with Gasteiger partial charge in [-0.05, 0) is 50.3 Å². The number of carbonyl (C=O) groups excluding carboxylic acids is 1. The maximum absolute atomic E-state index is 12.8. The van der Waals surface area contributed by atoms with Gasteiger partial charge < -0.3 is 20.6 Å². The number of pyridine rings is 1. The third kappa shape index (κ3) is 8.65. The van der Waals surface area contributed by atoms with E-state index in [1.165, 1.54) is 12.5 Å². The summed E-state index contributed by atoms with van der Waals surface area (Å²) in [5.41, 5.74) is 2.21. The van der Waals surface area contributed by atoms with Gasteiger partial charge in [0.05, 0.1) is 0 Å². The van der Waals surface area contributed by atoms with Crippen LogP contribution in [0.15, 0.2) is 12.1 Å². The molecule has 1 unspecified atom stereocenters. The lowest BCUT2D eigenvalue weighted by Crippen LogP contribution is -2.42. The van der Waals surface area contributed by atoms with E-state index >= 15 is 0 Å². The summed E-state index contributed by atoms with van der Waals surface area (Å²) in [6.07, 6.45) is 3.80. The van der Waals surface area contributed by atoms with Gasteiger partial charge in [0.1, 0.15) is 18.5 Å². The van der Waals surface area contributed by atoms with Crippen LogP contribution in [0, 0.1) is 0 Å². The van der Waals surface area contributed by atoms with Gasteiger partial charge in [0.2, 0.25) is 5.91 Å². The van der Waals surface area contributed by atoms with Crippen molar-refractivity contribution in [2.75, 3.05) is 38.7 Å². The number of aryl methyl sites for hydroxylation is 2. The average molecular weight is 397 g/mol. The zero-order valence-electron chi connectivity index (χ0n) is 17.1. The van der Waals surface area contributed by atoms with Crippen molar-refractivity contribution in [2.24, 2.45) is 0 Å². The van der Waals surface area contributed by atoms with Crippen LogP contribution in [0.25, 0.3) is 0 Å². The minimum absolute atomic E-state index is 0.250. The molecule has 0 aliphatic heterocycles. The van der Waals surface area contributed by atoms with Gasteiger partial charge in [0, 0.05) is 32.8 Å². The van der Waals surface area contributed by atoms with Crippen molar-refractivity contribution in [3.05, 3.63) is 23.4 Å². The lowest BCUT2D eigenvalue weighted by molar-refractivity contribution is -0.141. The van der Waals surface area contributed by atoms with Crippen LogP contribution >= 0.6 is 0 Å². The predicted octanol–water partition coefficient (Wildman–Crippen LogP) is 2.26. The van der Waals surface area contributed by atoms with E-state index in [9.17, 15) is 14.0 Å². The van der Waals surface area contributed by atoms with E-state index in [4.69, 9.17) is 5.11 Å². The highest BCUT2D eigenvalue weighted by Gasteiger charge is 2.19. The fraction of sp³-hybridized carbons (Fsp3) is 0.650. The highest BCUT2D eigenvalue weighted by Crippen LogP contribution is 2.15. The monoisotopic (exact) mass is 396 g/mol. The number of aromatic nitrogens is 1. The smallest absolute Gasteiger partial charge is 0.326 e. The molecule has 0 aliphatic rings. The molecule has 1 aromatic heterocycles. The van der Waals surface area contributed by atoms with Crippen molar-refractivity contribution in [1.82, 2.24) is 15.2 Å². The van der Waals surface area contributed by atoms with Crippen molar-refractivity contribution in [3.8, 4) is 0 Å². The van der Waals surface area contributed by atoms with Crippen LogP contribution in [0.2, 0.25) is 0 Å². The Morgan fingerprint density at radius 3 is 2.57 bits per heavy atom. The third-order valence-corrected chi connectivity index (χ3v) is 4.62. The second-order valence-electron chi connectivity index (χ2n) is 6.78. The number of carboxylic acids is 1. The lowest BCUT2D eigenvalue weighted by Gasteiger charge is -2.23. The van der Waals surface area contributed by atoms with Crippen molar-refractivity contribution >= 4 is 17.7 Å². The van der Waals surface area contributed by atoms with Crippen molar-refractivity contribution in [2.45, 2.75) is 52.0 Å². The molecule has 0 saturated heterocycles. The number of alkyl halides is 1. The molecule has 28 heavy (non-hydrogen) atoms. The van der Waals surface area contributed by atoms with E-state index in [-0.39, 0.29) is 18.9 Å². The van der Waals surface area contributed by atoms with Crippen LogP contribution in [0.3, 0.4) is 0 Å². The van der Waals surface area contributed by atoms with Gasteiger partial charge in [0.25, 0.3) is 0 Å². The molecular weight excluding hydrogens is 363 g/mol. The number of halogens is 1. The molecule has 0 spiro atoms. The van der Waals surface area contributed by atoms with E-state index in [1.54, 1.807) is 0 Å². The van der Waals surface area contributed by atoms with E-state index in [1.807, 2.05) is 18.0 Å². The maximum atomic E-state index is 12.8. The lowest BCUT2D eigenvalue weighted by atomic mass is 10.1. The Labute approximate surface area is 166 Å². The van der Waals surface area contributed by atoms with Crippen LogP contribution in [0.1, 0.15) is 44.4 Å². The first-order chi connectivity index (χ1) is 13.4. The highest BCUT2D eigenvalue weighted by molar-refractivity contribution is 5.81. The first kappa shape index (κ1) is 23.8. The molecule has 1 rings (SSSR count). The normalized spacial score (nSPS) is 12.0. The molecule has 0 bridgehead atoms. The molecule has 8 heteroatoms. The van der Waals surface area contributed by atoms with Crippen LogP contribution < -0.4 is 10.6 Å². The Hall–Kier alpha value is -2.22. The third-order valence-electron chi connectivity index (χ3n) is 4.62. The molecule has 0 saturated carbocycles. The van der Waals surface area contributed by atoms with Crippen LogP contribution in [-0.4, -0.2) is 66.3 Å². The number of rotatable bonds is 14. The summed E-state index contributed by atoms with van der Waals surface area (Å²) >= 11 is 0. The Bertz CT molecular complexity index is 627. The molecule has 3 N–H and O–H groups in total. The molecule has 158 valence electrons. The van der Waals surface area contributed by atoms with Crippen molar-refractivity contribution < 1.29 is 19.1 Å². The number of nitrogens with zero attached hydrogens (tertiary/aromatic N) is 2. The fourth-order valence-electron chi connectivity index (χ4n) is 3.08. The number of anilines is 1. The highest BCUT2D eigenvalue weighted by atomic mass is 19.1. The first-order valence-corrected chi connectivity index (χ1v) is 9.86. The summed E-state index contributed by atoms with van der Waals surface area (Å²) in [5.74, 6) is -0.541. The SMILES string of the molecule is CCc1ccc(CCCCN(CCF)CCC(NC(C)=O)C(=O)O)nc1NC. The van der Waals surface area contributed by atoms with Gasteiger partial charge in [-0.1, -0.05) is 13.0 Å². The van der Waals surface area contributed by atoms with Gasteiger partial charge in [-0.15, -0.1) is 0 Å². The van der Waals surface area contributed by atoms with Crippen LogP contribution in [0.5, 0.6) is 0 Å². The van der Waals surface area contributed by atoms with Crippen LogP contribution in [-0.2, 0) is 22.4 Å². The summed E-state index contributed by atoms with van der Waals surface area (Å²) < 4.78 is 12.8. The quantitative estimate of drug-likeness (QED) is 0.418. The number of amides is 1. The van der Waals surface area contributed by atoms with Crippen LogP contribution in [0.4, 0.5) is 10.2 Å². The molecule has 1 atom stereocenters. The van der Waals surface area contributed by atoms with Gasteiger partial charge in [0.15, 0.2) is 0 Å². The fourth-order valence-corrected chi connectivity index (χ4v) is 3.08. The molecule has 1 heterocycles. The maximum Gasteiger partial charge on any atom is 0.326 e. The number of nitrogens with one attached hydrogen (secondary N) is 2. The van der Waals surface area contributed by atoms with Gasteiger partial charge >= 0.3 is 5.97 Å². The molecule has 0 radical (unpaired) electrons. The second-order valence-corrected chi connectivity index (χ2v) is 6.78. The molecule has 0 aliphatic carbocycles. The number of hydrogen-bond donors (Lipinski definition) is 3. The standard InChI is InChI=1S/C20H33FN4O3/c1-4-16-8-9-17(24-19(16)22-3)7-5-6-12-25(14-11-21)13-10-18(20(27)28)23-15(2)26/h8-9,18H,4-7,10-14H2,1-3H3,(H,22,24)(H,23,26)(H,27,28). The number of aliphatic carboxylic acids is 1. The Kier molecular flexibility index (Phi) is 11.1. The molecular formula is C20H33FN4O3. The molecule has 1 aromatic rings. The Morgan fingerprint density at radius 2 is 2.00 bits per heavy atom. The van der Waals surface area contributed by atoms with Gasteiger partial charge in [-0.2, -0.15) is 0 Å². The average Bonchev–Trinajstić information content (AvgIpc) is 2.67. The summed E-state index contributed by atoms with van der Waals surface area (Å²) in [6.45, 7) is 4.27. The zero-order valence-corrected chi connectivity index (χ0v) is 17.1. The van der Waals surface area contributed by atoms with Gasteiger partial charge in [-0.25, -0.2) is 14.2 Å². The topological polar surface area (TPSA) is 94.6 Å². The summed E-state index contributed by atoms with van der Waals surface area (Å²) in [4.78, 5) is 28.8. The Morgan fingerprint density at radius 1 is 1.25 bits per heavy atom. The number of carboxylic acid groups (broad SMARTS) is 1. The molecule has 0 fully saturated rings. The molecule has 1 amide bonds. The second kappa shape index (κ2) is 13.0. The van der Waals surface area contributed by atoms with E-state index in [2.05, 4.69) is 28.6 Å². The number of hydrogen-bond acceptors (Lipinski definition) is 5. The minimum Gasteiger partial charge on any atom is -0.480 e. The van der Waals surface area contributed by atoms with E-state index in [0.717, 1.165) is 37.2 Å². The van der Waals surface area contributed by atoms with Crippen molar-refractivity contribution in [1.29, 1.82) is 0 Å². The summed E-state index contributed by atoms with van der Waals surface area (Å²) in [7, 11) is 1.87.